The molecule has 1 amide bonds. The molecule has 1 aromatic carbocycles. The van der Waals surface area contributed by atoms with Crippen molar-refractivity contribution < 1.29 is 13.4 Å². The molecule has 0 unspecified atom stereocenters. The van der Waals surface area contributed by atoms with Crippen molar-refractivity contribution in [2.45, 2.75) is 30.5 Å². The molecular formula is C15H16BrNO3S. The molecule has 0 aliphatic rings. The predicted octanol–water partition coefficient (Wildman–Crippen LogP) is 3.49. The van der Waals surface area contributed by atoms with E-state index in [0.717, 1.165) is 9.37 Å². The lowest BCUT2D eigenvalue weighted by atomic mass is 10.3. The maximum atomic E-state index is 12.2. The van der Waals surface area contributed by atoms with Crippen molar-refractivity contribution in [1.29, 1.82) is 0 Å². The second-order valence-corrected chi connectivity index (χ2v) is 7.20. The Balaban J connectivity index is 2.03. The molecule has 21 heavy (non-hydrogen) atoms. The summed E-state index contributed by atoms with van der Waals surface area (Å²) in [5.74, 6) is 0.763. The molecule has 1 N–H and O–H groups in total. The van der Waals surface area contributed by atoms with Crippen LogP contribution < -0.4 is 5.32 Å². The molecule has 6 heteroatoms. The van der Waals surface area contributed by atoms with Crippen LogP contribution in [0.1, 0.15) is 30.2 Å². The third kappa shape index (κ3) is 4.54. The molecule has 0 saturated heterocycles. The number of rotatable bonds is 5. The van der Waals surface area contributed by atoms with Crippen molar-refractivity contribution >= 4 is 32.6 Å². The molecule has 1 atom stereocenters. The fourth-order valence-electron chi connectivity index (χ4n) is 1.71. The van der Waals surface area contributed by atoms with Gasteiger partial charge in [-0.2, -0.15) is 0 Å². The van der Waals surface area contributed by atoms with Crippen LogP contribution in [0, 0.1) is 0 Å². The summed E-state index contributed by atoms with van der Waals surface area (Å²) in [6, 6.07) is 10.6. The van der Waals surface area contributed by atoms with E-state index in [4.69, 9.17) is 4.42 Å². The lowest BCUT2D eigenvalue weighted by Gasteiger charge is -2.05. The largest absolute Gasteiger partial charge is 0.455 e. The van der Waals surface area contributed by atoms with E-state index in [1.807, 2.05) is 26.0 Å². The summed E-state index contributed by atoms with van der Waals surface area (Å²) in [5.41, 5.74) is 0. The Bertz CT molecular complexity index is 649. The van der Waals surface area contributed by atoms with Crippen LogP contribution in [0.15, 0.2) is 50.2 Å². The number of benzene rings is 1. The normalized spacial score (nSPS) is 12.4. The van der Waals surface area contributed by atoms with E-state index in [1.165, 1.54) is 0 Å². The van der Waals surface area contributed by atoms with Gasteiger partial charge in [-0.05, 0) is 50.2 Å². The van der Waals surface area contributed by atoms with Gasteiger partial charge in [0.1, 0.15) is 5.76 Å². The van der Waals surface area contributed by atoms with Crippen LogP contribution in [0.3, 0.4) is 0 Å². The Morgan fingerprint density at radius 2 is 1.90 bits per heavy atom. The molecule has 4 nitrogen and oxygen atoms in total. The summed E-state index contributed by atoms with van der Waals surface area (Å²) in [4.78, 5) is 12.5. The highest BCUT2D eigenvalue weighted by atomic mass is 79.9. The zero-order valence-corrected chi connectivity index (χ0v) is 14.2. The van der Waals surface area contributed by atoms with Crippen molar-refractivity contribution in [1.82, 2.24) is 5.32 Å². The average Bonchev–Trinajstić information content (AvgIpc) is 2.87. The number of carbonyl (C=O) groups excluding carboxylic acids is 1. The quantitative estimate of drug-likeness (QED) is 0.877. The SMILES string of the molecule is CC(C)NC(=O)c1ccc(C[S@@](=O)c2ccc(Br)cc2)o1. The van der Waals surface area contributed by atoms with Crippen molar-refractivity contribution in [2.24, 2.45) is 0 Å². The maximum absolute atomic E-state index is 12.2. The number of hydrogen-bond donors (Lipinski definition) is 1. The first-order valence-corrected chi connectivity index (χ1v) is 8.60. The molecule has 0 saturated carbocycles. The van der Waals surface area contributed by atoms with Crippen molar-refractivity contribution in [3.05, 3.63) is 52.4 Å². The number of carbonyl (C=O) groups is 1. The maximum Gasteiger partial charge on any atom is 0.287 e. The van der Waals surface area contributed by atoms with Crippen LogP contribution in [-0.2, 0) is 16.6 Å². The Labute approximate surface area is 134 Å². The highest BCUT2D eigenvalue weighted by Gasteiger charge is 2.14. The molecule has 2 rings (SSSR count). The van der Waals surface area contributed by atoms with E-state index in [2.05, 4.69) is 21.2 Å². The fraction of sp³-hybridized carbons (Fsp3) is 0.267. The minimum Gasteiger partial charge on any atom is -0.455 e. The standard InChI is InChI=1S/C15H16BrNO3S/c1-10(2)17-15(18)14-8-5-12(20-14)9-21(19)13-6-3-11(16)4-7-13/h3-8,10H,9H2,1-2H3,(H,17,18)/t21-/m1/s1. The van der Waals surface area contributed by atoms with Crippen molar-refractivity contribution in [3.63, 3.8) is 0 Å². The number of nitrogens with one attached hydrogen (secondary N) is 1. The smallest absolute Gasteiger partial charge is 0.287 e. The molecule has 0 aliphatic heterocycles. The first kappa shape index (κ1) is 16.0. The molecule has 0 radical (unpaired) electrons. The van der Waals surface area contributed by atoms with Crippen LogP contribution in [0.2, 0.25) is 0 Å². The molecule has 0 bridgehead atoms. The fourth-order valence-corrected chi connectivity index (χ4v) is 2.99. The molecule has 2 aromatic rings. The summed E-state index contributed by atoms with van der Waals surface area (Å²) < 4.78 is 18.6. The van der Waals surface area contributed by atoms with E-state index in [1.54, 1.807) is 24.3 Å². The second kappa shape index (κ2) is 7.04. The highest BCUT2D eigenvalue weighted by molar-refractivity contribution is 9.10. The van der Waals surface area contributed by atoms with Gasteiger partial charge in [-0.25, -0.2) is 0 Å². The number of hydrogen-bond acceptors (Lipinski definition) is 3. The zero-order chi connectivity index (χ0) is 15.4. The van der Waals surface area contributed by atoms with Crippen molar-refractivity contribution in [3.8, 4) is 0 Å². The summed E-state index contributed by atoms with van der Waals surface area (Å²) in [5, 5.41) is 2.75. The summed E-state index contributed by atoms with van der Waals surface area (Å²) in [6.07, 6.45) is 0. The third-order valence-corrected chi connectivity index (χ3v) is 4.53. The van der Waals surface area contributed by atoms with E-state index in [9.17, 15) is 9.00 Å². The lowest BCUT2D eigenvalue weighted by molar-refractivity contribution is 0.0913. The van der Waals surface area contributed by atoms with E-state index in [-0.39, 0.29) is 23.5 Å². The molecule has 112 valence electrons. The van der Waals surface area contributed by atoms with Crippen LogP contribution in [-0.4, -0.2) is 16.2 Å². The van der Waals surface area contributed by atoms with Gasteiger partial charge in [0.2, 0.25) is 0 Å². The van der Waals surface area contributed by atoms with Gasteiger partial charge >= 0.3 is 0 Å². The Kier molecular flexibility index (Phi) is 5.36. The first-order valence-electron chi connectivity index (χ1n) is 6.49. The molecular weight excluding hydrogens is 354 g/mol. The van der Waals surface area contributed by atoms with Crippen LogP contribution in [0.25, 0.3) is 0 Å². The van der Waals surface area contributed by atoms with Gasteiger partial charge in [-0.3, -0.25) is 9.00 Å². The zero-order valence-electron chi connectivity index (χ0n) is 11.8. The highest BCUT2D eigenvalue weighted by Crippen LogP contribution is 2.17. The molecule has 0 aliphatic carbocycles. The molecule has 1 aromatic heterocycles. The number of furan rings is 1. The van der Waals surface area contributed by atoms with Gasteiger partial charge in [0.25, 0.3) is 5.91 Å². The Morgan fingerprint density at radius 3 is 2.52 bits per heavy atom. The van der Waals surface area contributed by atoms with Crippen LogP contribution in [0.5, 0.6) is 0 Å². The molecule has 0 spiro atoms. The minimum absolute atomic E-state index is 0.0444. The van der Waals surface area contributed by atoms with Gasteiger partial charge in [-0.1, -0.05) is 15.9 Å². The number of halogens is 1. The average molecular weight is 370 g/mol. The summed E-state index contributed by atoms with van der Waals surface area (Å²) >= 11 is 3.34. The van der Waals surface area contributed by atoms with Crippen LogP contribution in [0.4, 0.5) is 0 Å². The van der Waals surface area contributed by atoms with Crippen LogP contribution >= 0.6 is 15.9 Å². The summed E-state index contributed by atoms with van der Waals surface area (Å²) in [6.45, 7) is 3.76. The molecule has 0 fully saturated rings. The monoisotopic (exact) mass is 369 g/mol. The topological polar surface area (TPSA) is 59.3 Å². The van der Waals surface area contributed by atoms with Crippen molar-refractivity contribution in [2.75, 3.05) is 0 Å². The van der Waals surface area contributed by atoms with Gasteiger partial charge in [0, 0.05) is 15.4 Å². The van der Waals surface area contributed by atoms with E-state index < -0.39 is 10.8 Å². The van der Waals surface area contributed by atoms with Gasteiger partial charge < -0.3 is 9.73 Å². The van der Waals surface area contributed by atoms with E-state index >= 15 is 0 Å². The van der Waals surface area contributed by atoms with Gasteiger partial charge in [0.05, 0.1) is 16.6 Å². The molecule has 1 heterocycles. The third-order valence-electron chi connectivity index (χ3n) is 2.66. The number of amides is 1. The summed E-state index contributed by atoms with van der Waals surface area (Å²) in [7, 11) is -1.20. The minimum atomic E-state index is -1.20. The first-order chi connectivity index (χ1) is 9.95. The lowest BCUT2D eigenvalue weighted by Crippen LogP contribution is -2.29. The Hall–Kier alpha value is -1.40. The van der Waals surface area contributed by atoms with E-state index in [0.29, 0.717) is 5.76 Å². The second-order valence-electron chi connectivity index (χ2n) is 4.84. The van der Waals surface area contributed by atoms with Gasteiger partial charge in [0.15, 0.2) is 5.76 Å². The Morgan fingerprint density at radius 1 is 1.24 bits per heavy atom. The predicted molar refractivity (Wildman–Crippen MR) is 85.6 cm³/mol. The van der Waals surface area contributed by atoms with Gasteiger partial charge in [-0.15, -0.1) is 0 Å².